The average Bonchev–Trinajstić information content (AvgIpc) is 2.62. The van der Waals surface area contributed by atoms with Crippen LogP contribution in [0.1, 0.15) is 15.9 Å². The number of nitriles is 1. The first-order valence-corrected chi connectivity index (χ1v) is 8.31. The summed E-state index contributed by atoms with van der Waals surface area (Å²) in [6.07, 6.45) is 1.36. The van der Waals surface area contributed by atoms with E-state index in [1.54, 1.807) is 38.4 Å². The number of benzene rings is 2. The maximum absolute atomic E-state index is 13.3. The molecule has 2 rings (SSSR count). The van der Waals surface area contributed by atoms with Crippen LogP contribution in [0.3, 0.4) is 0 Å². The van der Waals surface area contributed by atoms with E-state index in [1.807, 2.05) is 6.07 Å². The zero-order valence-corrected chi connectivity index (χ0v) is 15.7. The third-order valence-electron chi connectivity index (χ3n) is 3.42. The molecule has 26 heavy (non-hydrogen) atoms. The second-order valence-electron chi connectivity index (χ2n) is 5.57. The number of halogens is 2. The molecule has 5 nitrogen and oxygen atoms in total. The minimum absolute atomic E-state index is 0.128. The van der Waals surface area contributed by atoms with Crippen LogP contribution in [0.25, 0.3) is 6.08 Å². The summed E-state index contributed by atoms with van der Waals surface area (Å²) in [6, 6.07) is 12.3. The third kappa shape index (κ3) is 4.77. The van der Waals surface area contributed by atoms with Gasteiger partial charge >= 0.3 is 0 Å². The van der Waals surface area contributed by atoms with Gasteiger partial charge in [0.15, 0.2) is 0 Å². The molecule has 0 unspecified atom stereocenters. The molecule has 0 saturated carbocycles. The summed E-state index contributed by atoms with van der Waals surface area (Å²) in [5, 5.41) is 11.8. The van der Waals surface area contributed by atoms with Gasteiger partial charge in [0.1, 0.15) is 17.5 Å². The lowest BCUT2D eigenvalue weighted by Crippen LogP contribution is -2.21. The summed E-state index contributed by atoms with van der Waals surface area (Å²) in [5.41, 5.74) is 1.32. The second kappa shape index (κ2) is 8.41. The molecule has 0 aliphatic carbocycles. The van der Waals surface area contributed by atoms with Crippen LogP contribution >= 0.6 is 15.9 Å². The Morgan fingerprint density at radius 2 is 1.85 bits per heavy atom. The molecule has 0 aliphatic rings. The summed E-state index contributed by atoms with van der Waals surface area (Å²) in [7, 11) is 3.30. The first-order chi connectivity index (χ1) is 12.3. The number of hydrogen-bond donors (Lipinski definition) is 1. The number of nitrogens with one attached hydrogen (secondary N) is 1. The van der Waals surface area contributed by atoms with Gasteiger partial charge in [-0.25, -0.2) is 4.39 Å². The van der Waals surface area contributed by atoms with Crippen molar-refractivity contribution in [3.05, 3.63) is 69.5 Å². The van der Waals surface area contributed by atoms with Gasteiger partial charge in [-0.15, -0.1) is 0 Å². The minimum atomic E-state index is -0.598. The minimum Gasteiger partial charge on any atom is -0.345 e. The molecule has 0 saturated heterocycles. The van der Waals surface area contributed by atoms with Crippen molar-refractivity contribution in [3.63, 3.8) is 0 Å². The Bertz CT molecular complexity index is 915. The van der Waals surface area contributed by atoms with E-state index in [4.69, 9.17) is 0 Å². The summed E-state index contributed by atoms with van der Waals surface area (Å²) in [4.78, 5) is 25.6. The Kier molecular flexibility index (Phi) is 6.26. The van der Waals surface area contributed by atoms with Crippen molar-refractivity contribution in [2.24, 2.45) is 0 Å². The smallest absolute Gasteiger partial charge is 0.266 e. The van der Waals surface area contributed by atoms with Crippen molar-refractivity contribution < 1.29 is 14.0 Å². The Labute approximate surface area is 158 Å². The maximum atomic E-state index is 13.3. The quantitative estimate of drug-likeness (QED) is 0.608. The monoisotopic (exact) mass is 415 g/mol. The molecule has 0 atom stereocenters. The van der Waals surface area contributed by atoms with Gasteiger partial charge in [-0.05, 0) is 64.0 Å². The highest BCUT2D eigenvalue weighted by Gasteiger charge is 2.12. The van der Waals surface area contributed by atoms with Gasteiger partial charge in [-0.1, -0.05) is 6.07 Å². The molecular formula is C19H15BrFN3O2. The fourth-order valence-electron chi connectivity index (χ4n) is 2.07. The van der Waals surface area contributed by atoms with Gasteiger partial charge in [0, 0.05) is 25.3 Å². The molecule has 2 amide bonds. The Balaban J connectivity index is 2.16. The van der Waals surface area contributed by atoms with Crippen LogP contribution < -0.4 is 5.32 Å². The Morgan fingerprint density at radius 1 is 1.19 bits per heavy atom. The predicted molar refractivity (Wildman–Crippen MR) is 101 cm³/mol. The number of rotatable bonds is 4. The average molecular weight is 416 g/mol. The summed E-state index contributed by atoms with van der Waals surface area (Å²) in [5.74, 6) is -1.18. The van der Waals surface area contributed by atoms with Crippen molar-refractivity contribution >= 4 is 39.5 Å². The lowest BCUT2D eigenvalue weighted by Gasteiger charge is -2.11. The van der Waals surface area contributed by atoms with E-state index in [0.717, 1.165) is 0 Å². The van der Waals surface area contributed by atoms with E-state index in [0.29, 0.717) is 16.8 Å². The van der Waals surface area contributed by atoms with E-state index in [2.05, 4.69) is 21.2 Å². The van der Waals surface area contributed by atoms with Gasteiger partial charge in [-0.3, -0.25) is 9.59 Å². The first-order valence-electron chi connectivity index (χ1n) is 7.51. The molecule has 132 valence electrons. The van der Waals surface area contributed by atoms with Gasteiger partial charge in [0.2, 0.25) is 0 Å². The number of hydrogen-bond acceptors (Lipinski definition) is 3. The normalized spacial score (nSPS) is 10.8. The Hall–Kier alpha value is -2.98. The number of amides is 2. The first kappa shape index (κ1) is 19.3. The molecule has 0 fully saturated rings. The maximum Gasteiger partial charge on any atom is 0.266 e. The molecule has 0 aromatic heterocycles. The molecule has 2 aromatic rings. The van der Waals surface area contributed by atoms with Crippen molar-refractivity contribution in [2.45, 2.75) is 0 Å². The molecule has 0 aliphatic heterocycles. The molecule has 0 spiro atoms. The molecule has 0 bridgehead atoms. The molecule has 0 radical (unpaired) electrons. The molecular weight excluding hydrogens is 401 g/mol. The topological polar surface area (TPSA) is 73.2 Å². The fourth-order valence-corrected chi connectivity index (χ4v) is 2.47. The van der Waals surface area contributed by atoms with Gasteiger partial charge < -0.3 is 10.2 Å². The molecule has 1 N–H and O–H groups in total. The van der Waals surface area contributed by atoms with Crippen LogP contribution in [-0.4, -0.2) is 30.8 Å². The zero-order chi connectivity index (χ0) is 19.3. The predicted octanol–water partition coefficient (Wildman–Crippen LogP) is 3.84. The van der Waals surface area contributed by atoms with Crippen molar-refractivity contribution in [1.29, 1.82) is 5.26 Å². The molecule has 7 heteroatoms. The lowest BCUT2D eigenvalue weighted by atomic mass is 10.1. The van der Waals surface area contributed by atoms with Gasteiger partial charge in [-0.2, -0.15) is 5.26 Å². The SMILES string of the molecule is CN(C)C(=O)c1ccc(NC(=O)/C(C#N)=C/c2ccc(F)c(Br)c2)cc1. The second-order valence-corrected chi connectivity index (χ2v) is 6.43. The van der Waals surface area contributed by atoms with Gasteiger partial charge in [0.25, 0.3) is 11.8 Å². The van der Waals surface area contributed by atoms with E-state index < -0.39 is 11.7 Å². The molecule has 2 aromatic carbocycles. The van der Waals surface area contributed by atoms with Gasteiger partial charge in [0.05, 0.1) is 4.47 Å². The van der Waals surface area contributed by atoms with Crippen LogP contribution in [0.5, 0.6) is 0 Å². The van der Waals surface area contributed by atoms with Crippen molar-refractivity contribution in [3.8, 4) is 6.07 Å². The number of anilines is 1. The highest BCUT2D eigenvalue weighted by atomic mass is 79.9. The number of carbonyl (C=O) groups excluding carboxylic acids is 2. The van der Waals surface area contributed by atoms with Crippen LogP contribution in [0.4, 0.5) is 10.1 Å². The van der Waals surface area contributed by atoms with E-state index >= 15 is 0 Å². The highest BCUT2D eigenvalue weighted by molar-refractivity contribution is 9.10. The number of carbonyl (C=O) groups is 2. The zero-order valence-electron chi connectivity index (χ0n) is 14.1. The van der Waals surface area contributed by atoms with Crippen LogP contribution in [0.2, 0.25) is 0 Å². The molecule has 0 heterocycles. The third-order valence-corrected chi connectivity index (χ3v) is 4.02. The van der Waals surface area contributed by atoms with Crippen LogP contribution in [0.15, 0.2) is 52.5 Å². The van der Waals surface area contributed by atoms with E-state index in [9.17, 15) is 19.2 Å². The highest BCUT2D eigenvalue weighted by Crippen LogP contribution is 2.19. The summed E-state index contributed by atoms with van der Waals surface area (Å²) < 4.78 is 13.5. The van der Waals surface area contributed by atoms with Crippen molar-refractivity contribution in [2.75, 3.05) is 19.4 Å². The fraction of sp³-hybridized carbons (Fsp3) is 0.105. The van der Waals surface area contributed by atoms with Crippen LogP contribution in [0, 0.1) is 17.1 Å². The van der Waals surface area contributed by atoms with E-state index in [-0.39, 0.29) is 16.0 Å². The summed E-state index contributed by atoms with van der Waals surface area (Å²) in [6.45, 7) is 0. The van der Waals surface area contributed by atoms with Crippen LogP contribution in [-0.2, 0) is 4.79 Å². The largest absolute Gasteiger partial charge is 0.345 e. The van der Waals surface area contributed by atoms with Crippen molar-refractivity contribution in [1.82, 2.24) is 4.90 Å². The standard InChI is InChI=1S/C19H15BrFN3O2/c1-24(2)19(26)13-4-6-15(7-5-13)23-18(25)14(11-22)9-12-3-8-17(21)16(20)10-12/h3-10H,1-2H3,(H,23,25)/b14-9+. The number of nitrogens with zero attached hydrogens (tertiary/aromatic N) is 2. The Morgan fingerprint density at radius 3 is 2.38 bits per heavy atom. The summed E-state index contributed by atoms with van der Waals surface area (Å²) >= 11 is 3.06. The van der Waals surface area contributed by atoms with E-state index in [1.165, 1.54) is 29.2 Å². The lowest BCUT2D eigenvalue weighted by molar-refractivity contribution is -0.112.